The van der Waals surface area contributed by atoms with Gasteiger partial charge in [0.2, 0.25) is 15.8 Å². The van der Waals surface area contributed by atoms with Gasteiger partial charge in [-0.25, -0.2) is 13.1 Å². The highest BCUT2D eigenvalue weighted by Gasteiger charge is 2.15. The molecule has 2 aromatic carbocycles. The minimum Gasteiger partial charge on any atom is -0.493 e. The summed E-state index contributed by atoms with van der Waals surface area (Å²) in [5, 5.41) is 4.85. The van der Waals surface area contributed by atoms with Crippen LogP contribution in [0, 0.1) is 0 Å². The van der Waals surface area contributed by atoms with Crippen LogP contribution in [0.5, 0.6) is 5.75 Å². The van der Waals surface area contributed by atoms with Gasteiger partial charge in [-0.15, -0.1) is 0 Å². The van der Waals surface area contributed by atoms with Crippen molar-refractivity contribution in [3.63, 3.8) is 0 Å². The zero-order valence-electron chi connectivity index (χ0n) is 16.7. The van der Waals surface area contributed by atoms with Gasteiger partial charge in [-0.2, -0.15) is 4.98 Å². The minimum atomic E-state index is -3.80. The van der Waals surface area contributed by atoms with Crippen molar-refractivity contribution in [2.45, 2.75) is 13.5 Å². The van der Waals surface area contributed by atoms with Crippen LogP contribution in [0.3, 0.4) is 0 Å². The number of sulfonamides is 1. The Morgan fingerprint density at radius 1 is 1.13 bits per heavy atom. The lowest BCUT2D eigenvalue weighted by atomic mass is 10.2. The summed E-state index contributed by atoms with van der Waals surface area (Å²) < 4.78 is 41.7. The van der Waals surface area contributed by atoms with Crippen molar-refractivity contribution >= 4 is 22.1 Å². The second kappa shape index (κ2) is 10.5. The first kappa shape index (κ1) is 22.2. The number of carbonyl (C=O) groups is 1. The van der Waals surface area contributed by atoms with Crippen molar-refractivity contribution in [1.29, 1.82) is 0 Å². The number of benzene rings is 2. The SMILES string of the molecule is CCOc1ccccc1-c1noc(COC(=O)CNS(=O)(=O)/C=C/c2ccccc2)n1. The van der Waals surface area contributed by atoms with Gasteiger partial charge in [-0.1, -0.05) is 47.6 Å². The summed E-state index contributed by atoms with van der Waals surface area (Å²) in [5.41, 5.74) is 1.36. The van der Waals surface area contributed by atoms with Crippen molar-refractivity contribution in [3.05, 3.63) is 71.5 Å². The molecular formula is C21H21N3O6S. The van der Waals surface area contributed by atoms with Crippen LogP contribution in [0.25, 0.3) is 17.5 Å². The molecule has 1 heterocycles. The fourth-order valence-electron chi connectivity index (χ4n) is 2.49. The monoisotopic (exact) mass is 443 g/mol. The number of rotatable bonds is 10. The molecule has 0 aliphatic carbocycles. The quantitative estimate of drug-likeness (QED) is 0.475. The fraction of sp³-hybridized carbons (Fsp3) is 0.190. The summed E-state index contributed by atoms with van der Waals surface area (Å²) in [5.74, 6) is 0.182. The third kappa shape index (κ3) is 6.76. The lowest BCUT2D eigenvalue weighted by Gasteiger charge is -2.06. The maximum absolute atomic E-state index is 12.0. The number of para-hydroxylation sites is 1. The predicted octanol–water partition coefficient (Wildman–Crippen LogP) is 2.77. The Kier molecular flexibility index (Phi) is 7.52. The van der Waals surface area contributed by atoms with Crippen LogP contribution in [0.15, 0.2) is 64.5 Å². The van der Waals surface area contributed by atoms with Crippen LogP contribution in [0.4, 0.5) is 0 Å². The number of esters is 1. The highest BCUT2D eigenvalue weighted by molar-refractivity contribution is 7.92. The smallest absolute Gasteiger partial charge is 0.321 e. The molecule has 162 valence electrons. The Bertz CT molecular complexity index is 1140. The number of ether oxygens (including phenoxy) is 2. The van der Waals surface area contributed by atoms with Crippen LogP contribution >= 0.6 is 0 Å². The maximum Gasteiger partial charge on any atom is 0.321 e. The molecule has 1 N–H and O–H groups in total. The molecule has 0 bridgehead atoms. The van der Waals surface area contributed by atoms with Gasteiger partial charge in [-0.05, 0) is 30.7 Å². The largest absolute Gasteiger partial charge is 0.493 e. The standard InChI is InChI=1S/C21H21N3O6S/c1-2-28-18-11-7-6-10-17(18)21-23-19(30-24-21)15-29-20(25)14-22-31(26,27)13-12-16-8-4-3-5-9-16/h3-13,22H,2,14-15H2,1H3/b13-12+. The normalized spacial score (nSPS) is 11.5. The van der Waals surface area contributed by atoms with E-state index in [9.17, 15) is 13.2 Å². The number of aromatic nitrogens is 2. The Hall–Kier alpha value is -3.50. The van der Waals surface area contributed by atoms with E-state index in [2.05, 4.69) is 14.9 Å². The average molecular weight is 443 g/mol. The summed E-state index contributed by atoms with van der Waals surface area (Å²) in [4.78, 5) is 16.1. The average Bonchev–Trinajstić information content (AvgIpc) is 3.25. The van der Waals surface area contributed by atoms with Crippen molar-refractivity contribution in [2.75, 3.05) is 13.2 Å². The highest BCUT2D eigenvalue weighted by atomic mass is 32.2. The van der Waals surface area contributed by atoms with E-state index in [-0.39, 0.29) is 12.5 Å². The molecule has 3 rings (SSSR count). The zero-order chi connectivity index (χ0) is 22.1. The van der Waals surface area contributed by atoms with E-state index in [4.69, 9.17) is 14.0 Å². The van der Waals surface area contributed by atoms with Gasteiger partial charge in [0.05, 0.1) is 12.2 Å². The van der Waals surface area contributed by atoms with E-state index in [1.54, 1.807) is 36.4 Å². The molecule has 0 aliphatic rings. The molecule has 0 saturated heterocycles. The van der Waals surface area contributed by atoms with Gasteiger partial charge in [-0.3, -0.25) is 4.79 Å². The highest BCUT2D eigenvalue weighted by Crippen LogP contribution is 2.27. The zero-order valence-corrected chi connectivity index (χ0v) is 17.5. The molecule has 3 aromatic rings. The van der Waals surface area contributed by atoms with Crippen LogP contribution in [0.2, 0.25) is 0 Å². The first-order valence-corrected chi connectivity index (χ1v) is 10.9. The summed E-state index contributed by atoms with van der Waals surface area (Å²) in [6.45, 7) is 1.53. The lowest BCUT2D eigenvalue weighted by molar-refractivity contribution is -0.144. The molecule has 0 radical (unpaired) electrons. The summed E-state index contributed by atoms with van der Waals surface area (Å²) in [6, 6.07) is 16.1. The van der Waals surface area contributed by atoms with E-state index in [0.717, 1.165) is 5.41 Å². The Balaban J connectivity index is 1.51. The fourth-order valence-corrected chi connectivity index (χ4v) is 3.24. The molecule has 0 atom stereocenters. The molecule has 0 fully saturated rings. The van der Waals surface area contributed by atoms with Gasteiger partial charge in [0, 0.05) is 5.41 Å². The van der Waals surface area contributed by atoms with Gasteiger partial charge in [0.25, 0.3) is 5.89 Å². The third-order valence-electron chi connectivity index (χ3n) is 3.91. The second-order valence-corrected chi connectivity index (χ2v) is 7.83. The number of carbonyl (C=O) groups excluding carboxylic acids is 1. The van der Waals surface area contributed by atoms with E-state index >= 15 is 0 Å². The molecule has 0 amide bonds. The van der Waals surface area contributed by atoms with E-state index in [1.807, 2.05) is 25.1 Å². The van der Waals surface area contributed by atoms with Gasteiger partial charge >= 0.3 is 5.97 Å². The van der Waals surface area contributed by atoms with Gasteiger partial charge < -0.3 is 14.0 Å². The minimum absolute atomic E-state index is 0.0708. The molecule has 10 heteroatoms. The topological polar surface area (TPSA) is 121 Å². The van der Waals surface area contributed by atoms with E-state index in [1.165, 1.54) is 6.08 Å². The number of nitrogens with zero attached hydrogens (tertiary/aromatic N) is 2. The van der Waals surface area contributed by atoms with Crippen LogP contribution in [-0.2, 0) is 26.2 Å². The molecule has 31 heavy (non-hydrogen) atoms. The molecule has 0 spiro atoms. The van der Waals surface area contributed by atoms with E-state index < -0.39 is 22.5 Å². The van der Waals surface area contributed by atoms with E-state index in [0.29, 0.717) is 29.3 Å². The van der Waals surface area contributed by atoms with Crippen molar-refractivity contribution in [2.24, 2.45) is 0 Å². The maximum atomic E-state index is 12.0. The van der Waals surface area contributed by atoms with Crippen LogP contribution < -0.4 is 9.46 Å². The number of nitrogens with one attached hydrogen (secondary N) is 1. The molecule has 0 unspecified atom stereocenters. The van der Waals surface area contributed by atoms with Crippen LogP contribution in [0.1, 0.15) is 18.4 Å². The Morgan fingerprint density at radius 3 is 2.65 bits per heavy atom. The third-order valence-corrected chi connectivity index (χ3v) is 4.95. The second-order valence-electron chi connectivity index (χ2n) is 6.18. The van der Waals surface area contributed by atoms with Crippen molar-refractivity contribution < 1.29 is 27.2 Å². The molecule has 0 aliphatic heterocycles. The summed E-state index contributed by atoms with van der Waals surface area (Å²) in [6.07, 6.45) is 1.42. The first-order chi connectivity index (χ1) is 15.0. The van der Waals surface area contributed by atoms with Crippen molar-refractivity contribution in [3.8, 4) is 17.1 Å². The molecule has 1 aromatic heterocycles. The Labute approximate surface area is 179 Å². The van der Waals surface area contributed by atoms with Crippen LogP contribution in [-0.4, -0.2) is 37.7 Å². The first-order valence-electron chi connectivity index (χ1n) is 9.40. The number of hydrogen-bond donors (Lipinski definition) is 1. The number of hydrogen-bond acceptors (Lipinski definition) is 8. The van der Waals surface area contributed by atoms with Gasteiger partial charge in [0.15, 0.2) is 6.61 Å². The molecule has 0 saturated carbocycles. The Morgan fingerprint density at radius 2 is 1.87 bits per heavy atom. The summed E-state index contributed by atoms with van der Waals surface area (Å²) >= 11 is 0. The van der Waals surface area contributed by atoms with Gasteiger partial charge in [0.1, 0.15) is 12.3 Å². The predicted molar refractivity (Wildman–Crippen MR) is 113 cm³/mol. The lowest BCUT2D eigenvalue weighted by Crippen LogP contribution is -2.29. The summed E-state index contributed by atoms with van der Waals surface area (Å²) in [7, 11) is -3.80. The molecule has 9 nitrogen and oxygen atoms in total. The van der Waals surface area contributed by atoms with Crippen molar-refractivity contribution in [1.82, 2.24) is 14.9 Å². The molecular weight excluding hydrogens is 422 g/mol.